The van der Waals surface area contributed by atoms with Gasteiger partial charge in [0, 0.05) is 49.6 Å². The number of benzene rings is 9. The van der Waals surface area contributed by atoms with E-state index in [0.29, 0.717) is 0 Å². The normalized spacial score (nSPS) is 11.8. The third-order valence-electron chi connectivity index (χ3n) is 11.9. The summed E-state index contributed by atoms with van der Waals surface area (Å²) in [5, 5.41) is 6.98. The maximum atomic E-state index is 6.54. The van der Waals surface area contributed by atoms with E-state index in [1.165, 1.54) is 27.2 Å². The molecule has 2 aromatic heterocycles. The molecule has 0 amide bonds. The van der Waals surface area contributed by atoms with Gasteiger partial charge in [0.2, 0.25) is 0 Å². The predicted molar refractivity (Wildman–Crippen MR) is 259 cm³/mol. The summed E-state index contributed by atoms with van der Waals surface area (Å²) in [5.74, 6) is 0. The van der Waals surface area contributed by atoms with Gasteiger partial charge in [-0.25, -0.2) is 0 Å². The maximum Gasteiger partial charge on any atom is 0.143 e. The molecule has 0 bridgehead atoms. The minimum Gasteiger partial charge on any atom is -0.455 e. The van der Waals surface area contributed by atoms with E-state index in [4.69, 9.17) is 4.42 Å². The summed E-state index contributed by atoms with van der Waals surface area (Å²) in [6.45, 7) is 7.94. The fourth-order valence-electron chi connectivity index (χ4n) is 9.07. The van der Waals surface area contributed by atoms with Gasteiger partial charge in [-0.1, -0.05) is 159 Å². The van der Waals surface area contributed by atoms with Crippen molar-refractivity contribution in [2.75, 3.05) is 4.90 Å². The van der Waals surface area contributed by atoms with Crippen molar-refractivity contribution in [3.05, 3.63) is 237 Å². The van der Waals surface area contributed by atoms with Gasteiger partial charge < -0.3 is 13.9 Å². The van der Waals surface area contributed by atoms with Crippen LogP contribution in [0.25, 0.3) is 88.0 Å². The molecule has 11 rings (SSSR count). The molecule has 3 nitrogen and oxygen atoms in total. The second-order valence-electron chi connectivity index (χ2n) is 15.4. The average molecular weight is 781 g/mol. The number of nitrogens with zero attached hydrogens (tertiary/aromatic N) is 2. The van der Waals surface area contributed by atoms with E-state index < -0.39 is 0 Å². The van der Waals surface area contributed by atoms with Gasteiger partial charge in [-0.2, -0.15) is 0 Å². The third-order valence-corrected chi connectivity index (χ3v) is 11.9. The molecule has 11 aromatic rings. The number of hydrogen-bond acceptors (Lipinski definition) is 2. The quantitative estimate of drug-likeness (QED) is 0.136. The number of hydrogen-bond donors (Lipinski definition) is 0. The molecule has 0 fully saturated rings. The fourth-order valence-corrected chi connectivity index (χ4v) is 9.07. The van der Waals surface area contributed by atoms with Crippen molar-refractivity contribution in [2.45, 2.75) is 0 Å². The molecule has 0 aliphatic heterocycles. The van der Waals surface area contributed by atoms with E-state index >= 15 is 0 Å². The Bertz CT molecular complexity index is 3470. The molecule has 9 aromatic carbocycles. The Morgan fingerprint density at radius 1 is 0.492 bits per heavy atom. The Labute approximate surface area is 354 Å². The maximum absolute atomic E-state index is 6.54. The van der Waals surface area contributed by atoms with Crippen LogP contribution in [0.2, 0.25) is 0 Å². The van der Waals surface area contributed by atoms with Crippen LogP contribution in [-0.4, -0.2) is 4.57 Å². The van der Waals surface area contributed by atoms with Crippen LogP contribution >= 0.6 is 0 Å². The summed E-state index contributed by atoms with van der Waals surface area (Å²) >= 11 is 0. The Morgan fingerprint density at radius 2 is 1.20 bits per heavy atom. The lowest BCUT2D eigenvalue weighted by Gasteiger charge is -2.28. The second-order valence-corrected chi connectivity index (χ2v) is 15.4. The number of para-hydroxylation sites is 3. The molecule has 0 radical (unpaired) electrons. The second kappa shape index (κ2) is 14.9. The van der Waals surface area contributed by atoms with Crippen LogP contribution in [0.4, 0.5) is 17.1 Å². The zero-order chi connectivity index (χ0) is 40.9. The smallest absolute Gasteiger partial charge is 0.143 e. The van der Waals surface area contributed by atoms with Crippen LogP contribution in [0.5, 0.6) is 0 Å². The van der Waals surface area contributed by atoms with E-state index in [1.54, 1.807) is 6.08 Å². The molecule has 0 spiro atoms. The van der Waals surface area contributed by atoms with E-state index in [2.05, 4.69) is 223 Å². The molecule has 0 saturated heterocycles. The Hall–Kier alpha value is -8.14. The lowest BCUT2D eigenvalue weighted by molar-refractivity contribution is 0.672. The molecule has 3 heteroatoms. The molecule has 2 heterocycles. The summed E-state index contributed by atoms with van der Waals surface area (Å²) in [4.78, 5) is 2.39. The first kappa shape index (κ1) is 36.0. The van der Waals surface area contributed by atoms with E-state index in [1.807, 2.05) is 12.2 Å². The molecule has 0 saturated carbocycles. The molecule has 0 aliphatic rings. The van der Waals surface area contributed by atoms with Crippen LogP contribution in [0.3, 0.4) is 0 Å². The van der Waals surface area contributed by atoms with Gasteiger partial charge in [0.25, 0.3) is 0 Å². The van der Waals surface area contributed by atoms with Gasteiger partial charge >= 0.3 is 0 Å². The zero-order valence-corrected chi connectivity index (χ0v) is 33.5. The first-order chi connectivity index (χ1) is 30.2. The highest BCUT2D eigenvalue weighted by molar-refractivity contribution is 6.16. The van der Waals surface area contributed by atoms with Crippen LogP contribution in [0.1, 0.15) is 5.56 Å². The van der Waals surface area contributed by atoms with Crippen molar-refractivity contribution >= 4 is 77.2 Å². The number of anilines is 3. The van der Waals surface area contributed by atoms with E-state index in [0.717, 1.165) is 83.5 Å². The van der Waals surface area contributed by atoms with Crippen molar-refractivity contribution in [1.29, 1.82) is 0 Å². The molecular weight excluding hydrogens is 741 g/mol. The first-order valence-corrected chi connectivity index (χ1v) is 20.6. The van der Waals surface area contributed by atoms with Crippen LogP contribution in [-0.2, 0) is 0 Å². The highest BCUT2D eigenvalue weighted by Gasteiger charge is 2.20. The Balaban J connectivity index is 1.09. The highest BCUT2D eigenvalue weighted by atomic mass is 16.3. The number of furan rings is 1. The van der Waals surface area contributed by atoms with Gasteiger partial charge in [0.05, 0.1) is 16.7 Å². The molecular formula is C58H40N2O. The molecule has 0 N–H and O–H groups in total. The lowest BCUT2D eigenvalue weighted by atomic mass is 9.97. The van der Waals surface area contributed by atoms with Gasteiger partial charge in [-0.3, -0.25) is 0 Å². The number of fused-ring (bicyclic) bond motifs is 8. The van der Waals surface area contributed by atoms with Crippen molar-refractivity contribution in [1.82, 2.24) is 4.57 Å². The Kier molecular flexibility index (Phi) is 8.79. The summed E-state index contributed by atoms with van der Waals surface area (Å²) < 4.78 is 8.93. The minimum absolute atomic E-state index is 0.878. The van der Waals surface area contributed by atoms with Gasteiger partial charge in [0.15, 0.2) is 0 Å². The first-order valence-electron chi connectivity index (χ1n) is 20.6. The Morgan fingerprint density at radius 3 is 1.98 bits per heavy atom. The fraction of sp³-hybridized carbons (Fsp3) is 0. The standard InChI is InChI=1S/C58H40N2O/c1-3-15-39(4-2)42-17-13-18-43(36-42)40-28-32-45(33-29-40)59(46-19-14-20-47(38-46)60-55-26-11-8-23-50(55)51-24-9-12-27-56(51)60)54-25-10-7-21-48(54)44-31-35-57-53(37-44)52-34-30-41-16-5-6-22-49(41)58(52)61-57/h3-38H,1-2H2/b39-15+. The van der Waals surface area contributed by atoms with Crippen LogP contribution < -0.4 is 4.90 Å². The predicted octanol–water partition coefficient (Wildman–Crippen LogP) is 16.4. The van der Waals surface area contributed by atoms with Gasteiger partial charge in [-0.05, 0) is 106 Å². The molecule has 61 heavy (non-hydrogen) atoms. The molecule has 0 atom stereocenters. The van der Waals surface area contributed by atoms with Gasteiger partial charge in [-0.15, -0.1) is 0 Å². The summed E-state index contributed by atoms with van der Waals surface area (Å²) in [5.41, 5.74) is 15.0. The molecule has 0 aliphatic carbocycles. The molecule has 0 unspecified atom stereocenters. The highest BCUT2D eigenvalue weighted by Crippen LogP contribution is 2.44. The van der Waals surface area contributed by atoms with Crippen molar-refractivity contribution in [3.8, 4) is 27.9 Å². The number of rotatable bonds is 9. The minimum atomic E-state index is 0.878. The summed E-state index contributed by atoms with van der Waals surface area (Å²) in [6.07, 6.45) is 5.67. The van der Waals surface area contributed by atoms with Crippen molar-refractivity contribution in [2.24, 2.45) is 0 Å². The summed E-state index contributed by atoms with van der Waals surface area (Å²) in [7, 11) is 0. The zero-order valence-electron chi connectivity index (χ0n) is 33.5. The third kappa shape index (κ3) is 6.14. The topological polar surface area (TPSA) is 21.3 Å². The number of aromatic nitrogens is 1. The summed E-state index contributed by atoms with van der Waals surface area (Å²) in [6, 6.07) is 71.9. The average Bonchev–Trinajstić information content (AvgIpc) is 3.87. The largest absolute Gasteiger partial charge is 0.455 e. The number of allylic oxidation sites excluding steroid dienone is 4. The van der Waals surface area contributed by atoms with Crippen molar-refractivity contribution < 1.29 is 4.42 Å². The van der Waals surface area contributed by atoms with Crippen LogP contribution in [0, 0.1) is 0 Å². The van der Waals surface area contributed by atoms with Crippen LogP contribution in [0.15, 0.2) is 236 Å². The lowest BCUT2D eigenvalue weighted by Crippen LogP contribution is -2.11. The SMILES string of the molecule is C=C/C=C(\C=C)c1cccc(-c2ccc(N(c3cccc(-n4c5ccccc5c5ccccc54)c3)c3ccccc3-c3ccc4oc5c6ccccc6ccc5c4c3)cc2)c1. The van der Waals surface area contributed by atoms with E-state index in [9.17, 15) is 0 Å². The monoisotopic (exact) mass is 780 g/mol. The molecule has 288 valence electrons. The van der Waals surface area contributed by atoms with Gasteiger partial charge in [0.1, 0.15) is 11.2 Å². The van der Waals surface area contributed by atoms with Crippen molar-refractivity contribution in [3.63, 3.8) is 0 Å². The van der Waals surface area contributed by atoms with E-state index in [-0.39, 0.29) is 0 Å².